The first-order chi connectivity index (χ1) is 25.1. The van der Waals surface area contributed by atoms with Crippen LogP contribution in [0, 0.1) is 27.7 Å². The van der Waals surface area contributed by atoms with Crippen LogP contribution >= 0.6 is 0 Å². The molecular weight excluding hydrogens is 641 g/mol. The molecule has 0 unspecified atom stereocenters. The van der Waals surface area contributed by atoms with Crippen molar-refractivity contribution in [2.75, 3.05) is 0 Å². The topological polar surface area (TPSA) is 57.8 Å². The summed E-state index contributed by atoms with van der Waals surface area (Å²) in [6, 6.07) is 36.5. The first-order valence-electron chi connectivity index (χ1n) is 17.6. The van der Waals surface area contributed by atoms with Crippen LogP contribution in [0.4, 0.5) is 0 Å². The molecule has 0 saturated carbocycles. The Kier molecular flexibility index (Phi) is 9.32. The van der Waals surface area contributed by atoms with E-state index in [4.69, 9.17) is 9.15 Å². The van der Waals surface area contributed by atoms with Gasteiger partial charge in [-0.15, -0.1) is 0 Å². The molecule has 52 heavy (non-hydrogen) atoms. The molecule has 0 atom stereocenters. The van der Waals surface area contributed by atoms with Gasteiger partial charge in [0.05, 0.1) is 34.4 Å². The van der Waals surface area contributed by atoms with Crippen LogP contribution in [0.25, 0.3) is 39.7 Å². The maximum absolute atomic E-state index is 14.3. The Morgan fingerprint density at radius 2 is 1.08 bits per heavy atom. The normalized spacial score (nSPS) is 15.0. The third kappa shape index (κ3) is 6.63. The number of ketones is 1. The Balaban J connectivity index is 1.38. The fourth-order valence-electron chi connectivity index (χ4n) is 6.60. The highest BCUT2D eigenvalue weighted by molar-refractivity contribution is 6.26. The van der Waals surface area contributed by atoms with E-state index in [2.05, 4.69) is 44.7 Å². The molecule has 4 heteroatoms. The van der Waals surface area contributed by atoms with E-state index in [-0.39, 0.29) is 17.1 Å². The first kappa shape index (κ1) is 34.2. The number of carbonyl (C=O) groups excluding carboxylic acids is 1. The second-order valence-corrected chi connectivity index (χ2v) is 13.5. The summed E-state index contributed by atoms with van der Waals surface area (Å²) in [6.45, 7) is 14.3. The van der Waals surface area contributed by atoms with Gasteiger partial charge in [0.25, 0.3) is 0 Å². The molecule has 0 spiro atoms. The van der Waals surface area contributed by atoms with Crippen LogP contribution < -0.4 is 0 Å². The first-order valence-corrected chi connectivity index (χ1v) is 17.6. The molecule has 4 nitrogen and oxygen atoms in total. The smallest absolute Gasteiger partial charge is 0.361 e. The molecule has 2 aliphatic rings. The molecule has 1 aliphatic heterocycles. The quantitative estimate of drug-likeness (QED) is 0.131. The predicted molar refractivity (Wildman–Crippen MR) is 212 cm³/mol. The molecule has 1 aromatic heterocycles. The number of aliphatic hydroxyl groups excluding tert-OH is 1. The maximum Gasteiger partial charge on any atom is 0.361 e. The van der Waals surface area contributed by atoms with Crippen LogP contribution in [-0.2, 0) is 9.53 Å². The molecule has 1 aliphatic carbocycles. The third-order valence-corrected chi connectivity index (χ3v) is 9.65. The Morgan fingerprint density at radius 3 is 1.44 bits per heavy atom. The SMILES string of the molecule is C=CC(=C1C=C(c2ccc(C)cc2)OC(c2ccc(C)cc2)=C1)C1=C(O)C(=C(CC)c2cc(-c3ccc(C)cc3)[o+]c(-c3ccc(C)cc3)c2)C1=O. The standard InChI is InChI=1S/C48H40O4/c1-7-39(37-25-41(33-17-9-29(3)10-18-33)51-42(26-37)34-19-11-30(4)12-20-34)45-47(49)46(48(45)50)40(8-2)38-27-43(35-21-13-31(5)14-22-35)52-44(28-38)36-23-15-32(6)16-24-36/h7,9-28H,1,8H2,2-6H3/p+1. The molecule has 2 heterocycles. The molecule has 0 bridgehead atoms. The summed E-state index contributed by atoms with van der Waals surface area (Å²) in [4.78, 5) is 14.3. The van der Waals surface area contributed by atoms with Crippen LogP contribution in [-0.4, -0.2) is 10.9 Å². The molecular formula is C48H41O4+. The average Bonchev–Trinajstić information content (AvgIpc) is 3.16. The zero-order valence-corrected chi connectivity index (χ0v) is 30.2. The monoisotopic (exact) mass is 681 g/mol. The van der Waals surface area contributed by atoms with Crippen molar-refractivity contribution in [2.45, 2.75) is 41.0 Å². The number of aryl methyl sites for hydroxylation is 4. The third-order valence-electron chi connectivity index (χ3n) is 9.65. The molecule has 0 fully saturated rings. The van der Waals surface area contributed by atoms with Gasteiger partial charge in [0.1, 0.15) is 17.3 Å². The lowest BCUT2D eigenvalue weighted by Gasteiger charge is -2.27. The van der Waals surface area contributed by atoms with Crippen molar-refractivity contribution in [1.29, 1.82) is 0 Å². The average molecular weight is 682 g/mol. The second-order valence-electron chi connectivity index (χ2n) is 13.5. The molecule has 0 saturated heterocycles. The zero-order valence-electron chi connectivity index (χ0n) is 30.2. The molecule has 0 radical (unpaired) electrons. The fraction of sp³-hybridized carbons (Fsp3) is 0.125. The van der Waals surface area contributed by atoms with Crippen LogP contribution in [0.3, 0.4) is 0 Å². The van der Waals surface area contributed by atoms with Crippen molar-refractivity contribution in [3.63, 3.8) is 0 Å². The van der Waals surface area contributed by atoms with E-state index in [1.54, 1.807) is 6.08 Å². The van der Waals surface area contributed by atoms with Crippen molar-refractivity contribution in [3.8, 4) is 22.6 Å². The van der Waals surface area contributed by atoms with E-state index in [9.17, 15) is 9.90 Å². The van der Waals surface area contributed by atoms with Gasteiger partial charge in [-0.1, -0.05) is 115 Å². The molecule has 4 aromatic carbocycles. The van der Waals surface area contributed by atoms with Crippen molar-refractivity contribution in [2.24, 2.45) is 0 Å². The molecule has 256 valence electrons. The van der Waals surface area contributed by atoms with Crippen molar-refractivity contribution in [1.82, 2.24) is 0 Å². The van der Waals surface area contributed by atoms with E-state index >= 15 is 0 Å². The number of carbonyl (C=O) groups is 1. The molecule has 0 amide bonds. The lowest BCUT2D eigenvalue weighted by Crippen LogP contribution is -2.25. The summed E-state index contributed by atoms with van der Waals surface area (Å²) in [7, 11) is 0. The minimum Gasteiger partial charge on any atom is -0.506 e. The summed E-state index contributed by atoms with van der Waals surface area (Å²) in [5.41, 5.74) is 11.6. The Hall–Kier alpha value is -6.26. The number of aliphatic hydroxyl groups is 1. The van der Waals surface area contributed by atoms with E-state index in [0.29, 0.717) is 40.6 Å². The van der Waals surface area contributed by atoms with Gasteiger partial charge in [-0.25, -0.2) is 4.42 Å². The number of Topliss-reactive ketones (excluding diaryl/α,β-unsaturated/α-hetero) is 1. The largest absolute Gasteiger partial charge is 0.506 e. The van der Waals surface area contributed by atoms with Gasteiger partial charge in [0.15, 0.2) is 0 Å². The lowest BCUT2D eigenvalue weighted by atomic mass is 9.77. The maximum atomic E-state index is 14.3. The number of hydrogen-bond acceptors (Lipinski definition) is 3. The molecule has 1 N–H and O–H groups in total. The fourth-order valence-corrected chi connectivity index (χ4v) is 6.60. The van der Waals surface area contributed by atoms with Crippen molar-refractivity contribution >= 4 is 22.9 Å². The number of benzene rings is 4. The van der Waals surface area contributed by atoms with Gasteiger partial charge in [0, 0.05) is 11.1 Å². The molecule has 7 rings (SSSR count). The Morgan fingerprint density at radius 1 is 0.673 bits per heavy atom. The highest BCUT2D eigenvalue weighted by Gasteiger charge is 2.39. The van der Waals surface area contributed by atoms with Gasteiger partial charge in [-0.05, 0) is 92.8 Å². The number of ether oxygens (including phenoxy) is 1. The summed E-state index contributed by atoms with van der Waals surface area (Å²) in [6.07, 6.45) is 5.99. The van der Waals surface area contributed by atoms with E-state index < -0.39 is 0 Å². The van der Waals surface area contributed by atoms with Gasteiger partial charge in [0.2, 0.25) is 5.78 Å². The van der Waals surface area contributed by atoms with Crippen molar-refractivity contribution in [3.05, 3.63) is 201 Å². The zero-order chi connectivity index (χ0) is 36.5. The second kappa shape index (κ2) is 14.2. The summed E-state index contributed by atoms with van der Waals surface area (Å²) in [5.74, 6) is 2.37. The molecule has 5 aromatic rings. The highest BCUT2D eigenvalue weighted by atomic mass is 16.5. The Labute approximate surface area is 305 Å². The van der Waals surface area contributed by atoms with Crippen LogP contribution in [0.15, 0.2) is 166 Å². The van der Waals surface area contributed by atoms with Crippen LogP contribution in [0.5, 0.6) is 0 Å². The summed E-state index contributed by atoms with van der Waals surface area (Å²) >= 11 is 0. The van der Waals surface area contributed by atoms with Gasteiger partial charge < -0.3 is 9.84 Å². The lowest BCUT2D eigenvalue weighted by molar-refractivity contribution is -0.113. The van der Waals surface area contributed by atoms with E-state index in [1.807, 2.05) is 118 Å². The van der Waals surface area contributed by atoms with E-state index in [0.717, 1.165) is 61.2 Å². The van der Waals surface area contributed by atoms with Crippen LogP contribution in [0.1, 0.15) is 52.3 Å². The minimum absolute atomic E-state index is 0.0409. The summed E-state index contributed by atoms with van der Waals surface area (Å²) < 4.78 is 12.9. The predicted octanol–water partition coefficient (Wildman–Crippen LogP) is 12.3. The van der Waals surface area contributed by atoms with Crippen LogP contribution in [0.2, 0.25) is 0 Å². The highest BCUT2D eigenvalue weighted by Crippen LogP contribution is 2.44. The van der Waals surface area contributed by atoms with Crippen molar-refractivity contribution < 1.29 is 19.1 Å². The Bertz CT molecular complexity index is 2250. The van der Waals surface area contributed by atoms with Gasteiger partial charge in [-0.2, -0.15) is 0 Å². The summed E-state index contributed by atoms with van der Waals surface area (Å²) in [5, 5.41) is 11.8. The number of rotatable bonds is 8. The number of allylic oxidation sites excluding steroid dienone is 8. The van der Waals surface area contributed by atoms with E-state index in [1.165, 1.54) is 0 Å². The minimum atomic E-state index is -0.228. The number of hydrogen-bond donors (Lipinski definition) is 1. The van der Waals surface area contributed by atoms with Gasteiger partial charge >= 0.3 is 11.5 Å². The van der Waals surface area contributed by atoms with Gasteiger partial charge in [-0.3, -0.25) is 4.79 Å².